The van der Waals surface area contributed by atoms with Crippen molar-refractivity contribution in [1.29, 1.82) is 0 Å². The van der Waals surface area contributed by atoms with E-state index in [1.165, 1.54) is 14.2 Å². The molecule has 3 fully saturated rings. The summed E-state index contributed by atoms with van der Waals surface area (Å²) in [5.41, 5.74) is 5.39. The fraction of sp³-hybridized carbons (Fsp3) is 0.488. The number of rotatable bonds is 9. The number of methoxy groups -OCH3 is 2. The monoisotopic (exact) mass is 812 g/mol. The van der Waals surface area contributed by atoms with E-state index in [9.17, 15) is 19.2 Å². The molecule has 58 heavy (non-hydrogen) atoms. The van der Waals surface area contributed by atoms with Crippen LogP contribution in [-0.4, -0.2) is 92.1 Å². The highest BCUT2D eigenvalue weighted by atomic mass is 35.5. The lowest BCUT2D eigenvalue weighted by Crippen LogP contribution is -2.58. The molecule has 2 aromatic carbocycles. The first-order valence-corrected chi connectivity index (χ1v) is 20.4. The van der Waals surface area contributed by atoms with Gasteiger partial charge in [0.1, 0.15) is 23.7 Å². The second-order valence-electron chi connectivity index (χ2n) is 16.6. The summed E-state index contributed by atoms with van der Waals surface area (Å²) in [6, 6.07) is 14.3. The first kappa shape index (κ1) is 40.8. The van der Waals surface area contributed by atoms with E-state index in [0.717, 1.165) is 47.2 Å². The molecule has 4 aromatic rings. The van der Waals surface area contributed by atoms with Crippen molar-refractivity contribution in [2.24, 2.45) is 23.7 Å². The number of nitrogens with one attached hydrogen (secondary N) is 4. The molecule has 1 unspecified atom stereocenters. The standard InChI is InChI=1S/C43H53ClN8O6/c1-21(2)34(48-42(55)57-7)40(53)51-25(6)22(3)17-32(51)38-45-20-30(46-38)28-13-9-26(10-14-28)27-11-15-29(16-12-27)36-37(44)50-39(47-36)33-18-23(4)31-19-24(5)35(41(54)52(31)33)49-43(56)58-8/h9-16,20-25,31-35H,17-19H2,1-8H3,(H,45,46)(H,47,50)(H,48,55)(H,49,56)/t22-,23-,24?,25+,31+,32+,33+,34+,35+/m1/s1. The normalized spacial score (nSPS) is 26.1. The maximum absolute atomic E-state index is 13.9. The molecule has 0 aliphatic carbocycles. The van der Waals surface area contributed by atoms with Crippen molar-refractivity contribution in [3.05, 3.63) is 71.5 Å². The minimum atomic E-state index is -0.722. The minimum absolute atomic E-state index is 0.0275. The van der Waals surface area contributed by atoms with Gasteiger partial charge in [-0.2, -0.15) is 0 Å². The van der Waals surface area contributed by atoms with Crippen LogP contribution in [0, 0.1) is 23.7 Å². The van der Waals surface area contributed by atoms with Gasteiger partial charge < -0.3 is 39.9 Å². The van der Waals surface area contributed by atoms with Gasteiger partial charge in [-0.15, -0.1) is 0 Å². The predicted octanol–water partition coefficient (Wildman–Crippen LogP) is 7.51. The van der Waals surface area contributed by atoms with E-state index in [1.807, 2.05) is 73.9 Å². The summed E-state index contributed by atoms with van der Waals surface area (Å²) in [7, 11) is 2.58. The second kappa shape index (κ2) is 16.5. The van der Waals surface area contributed by atoms with Crippen molar-refractivity contribution in [3.63, 3.8) is 0 Å². The number of aromatic amines is 2. The number of carbonyl (C=O) groups is 4. The molecule has 0 spiro atoms. The molecule has 4 N–H and O–H groups in total. The summed E-state index contributed by atoms with van der Waals surface area (Å²) in [6.07, 6.45) is 2.79. The van der Waals surface area contributed by atoms with E-state index in [4.69, 9.17) is 31.0 Å². The van der Waals surface area contributed by atoms with Crippen molar-refractivity contribution in [3.8, 4) is 33.6 Å². The van der Waals surface area contributed by atoms with Crippen LogP contribution >= 0.6 is 11.6 Å². The summed E-state index contributed by atoms with van der Waals surface area (Å²) in [5, 5.41) is 5.79. The quantitative estimate of drug-likeness (QED) is 0.134. The van der Waals surface area contributed by atoms with E-state index in [-0.39, 0.29) is 59.7 Å². The Kier molecular flexibility index (Phi) is 11.6. The van der Waals surface area contributed by atoms with Crippen LogP contribution < -0.4 is 10.6 Å². The van der Waals surface area contributed by atoms with Crippen molar-refractivity contribution in [1.82, 2.24) is 40.4 Å². The highest BCUT2D eigenvalue weighted by molar-refractivity contribution is 6.31. The number of likely N-dealkylation sites (tertiary alicyclic amines) is 1. The van der Waals surface area contributed by atoms with Crippen LogP contribution in [-0.2, 0) is 19.1 Å². The molecule has 14 nitrogen and oxygen atoms in total. The van der Waals surface area contributed by atoms with Crippen molar-refractivity contribution < 1.29 is 28.7 Å². The van der Waals surface area contributed by atoms with Gasteiger partial charge in [-0.1, -0.05) is 94.8 Å². The summed E-state index contributed by atoms with van der Waals surface area (Å²) in [5.74, 6) is 1.38. The lowest BCUT2D eigenvalue weighted by Gasteiger charge is -2.41. The van der Waals surface area contributed by atoms with Gasteiger partial charge in [-0.25, -0.2) is 19.6 Å². The van der Waals surface area contributed by atoms with Gasteiger partial charge in [0.15, 0.2) is 5.15 Å². The van der Waals surface area contributed by atoms with E-state index in [1.54, 1.807) is 6.20 Å². The molecule has 4 amide bonds. The Morgan fingerprint density at radius 1 is 0.793 bits per heavy atom. The van der Waals surface area contributed by atoms with Crippen LogP contribution in [0.5, 0.6) is 0 Å². The number of nitrogens with zero attached hydrogens (tertiary/aromatic N) is 4. The molecule has 9 atom stereocenters. The zero-order valence-electron chi connectivity index (χ0n) is 34.2. The Balaban J connectivity index is 1.05. The summed E-state index contributed by atoms with van der Waals surface area (Å²) < 4.78 is 9.59. The molecule has 0 radical (unpaired) electrons. The molecule has 308 valence electrons. The zero-order chi connectivity index (χ0) is 41.6. The number of halogens is 1. The largest absolute Gasteiger partial charge is 0.453 e. The molecule has 3 aliphatic rings. The Morgan fingerprint density at radius 2 is 1.40 bits per heavy atom. The first-order valence-electron chi connectivity index (χ1n) is 20.0. The summed E-state index contributed by atoms with van der Waals surface area (Å²) in [6.45, 7) is 12.1. The highest BCUT2D eigenvalue weighted by Crippen LogP contribution is 2.46. The van der Waals surface area contributed by atoms with Crippen LogP contribution in [0.3, 0.4) is 0 Å². The third-order valence-electron chi connectivity index (χ3n) is 12.6. The van der Waals surface area contributed by atoms with Gasteiger partial charge in [-0.05, 0) is 66.5 Å². The summed E-state index contributed by atoms with van der Waals surface area (Å²) >= 11 is 6.74. The zero-order valence-corrected chi connectivity index (χ0v) is 35.0. The number of fused-ring (bicyclic) bond motifs is 1. The number of carbonyl (C=O) groups excluding carboxylic acids is 4. The molecule has 3 aliphatic heterocycles. The maximum atomic E-state index is 13.9. The SMILES string of the molecule is COC(=O)N[C@H](C(=O)N1[C@H](c2ncc(-c3ccc(-c4ccc(-c5[nH]c([C@@H]6C[C@@H](C)[C@@H]7CC(C)[C@H](NC(=O)OC)C(=O)N67)nc5Cl)cc4)cc3)[nH]2)C[C@@H](C)[C@@H]1C)C(C)C. The predicted molar refractivity (Wildman–Crippen MR) is 219 cm³/mol. The number of piperidine rings is 1. The fourth-order valence-electron chi connectivity index (χ4n) is 9.07. The van der Waals surface area contributed by atoms with Crippen molar-refractivity contribution >= 4 is 35.6 Å². The Labute approximate surface area is 343 Å². The van der Waals surface area contributed by atoms with Gasteiger partial charge in [0.2, 0.25) is 11.8 Å². The minimum Gasteiger partial charge on any atom is -0.453 e. The number of alkyl carbamates (subject to hydrolysis) is 2. The highest BCUT2D eigenvalue weighted by Gasteiger charge is 2.51. The van der Waals surface area contributed by atoms with Crippen LogP contribution in [0.4, 0.5) is 9.59 Å². The molecule has 0 saturated carbocycles. The van der Waals surface area contributed by atoms with Gasteiger partial charge in [0.05, 0.1) is 43.9 Å². The fourth-order valence-corrected chi connectivity index (χ4v) is 9.31. The molecular weight excluding hydrogens is 760 g/mol. The van der Waals surface area contributed by atoms with Crippen LogP contribution in [0.1, 0.15) is 84.5 Å². The molecule has 0 bridgehead atoms. The number of hydrogen-bond acceptors (Lipinski definition) is 8. The molecule has 5 heterocycles. The van der Waals surface area contributed by atoms with Crippen LogP contribution in [0.15, 0.2) is 54.7 Å². The van der Waals surface area contributed by atoms with Crippen molar-refractivity contribution in [2.75, 3.05) is 14.2 Å². The number of ether oxygens (including phenoxy) is 2. The average molecular weight is 813 g/mol. The van der Waals surface area contributed by atoms with Gasteiger partial charge in [0.25, 0.3) is 0 Å². The number of amides is 4. The third-order valence-corrected chi connectivity index (χ3v) is 12.8. The Hall–Kier alpha value is -5.37. The maximum Gasteiger partial charge on any atom is 0.407 e. The first-order chi connectivity index (χ1) is 27.7. The van der Waals surface area contributed by atoms with Gasteiger partial charge >= 0.3 is 12.2 Å². The number of aromatic nitrogens is 4. The molecule has 3 saturated heterocycles. The summed E-state index contributed by atoms with van der Waals surface area (Å²) in [4.78, 5) is 71.9. The molecule has 7 rings (SSSR count). The van der Waals surface area contributed by atoms with E-state index in [2.05, 4.69) is 46.6 Å². The molecule has 15 heteroatoms. The molecular formula is C43H53ClN8O6. The lowest BCUT2D eigenvalue weighted by molar-refractivity contribution is -0.142. The third kappa shape index (κ3) is 7.66. The number of imidazole rings is 2. The van der Waals surface area contributed by atoms with Crippen molar-refractivity contribution in [2.45, 2.75) is 97.1 Å². The topological polar surface area (TPSA) is 175 Å². The van der Waals surface area contributed by atoms with Gasteiger partial charge in [0, 0.05) is 17.6 Å². The van der Waals surface area contributed by atoms with E-state index < -0.39 is 24.3 Å². The van der Waals surface area contributed by atoms with Crippen LogP contribution in [0.2, 0.25) is 5.15 Å². The van der Waals surface area contributed by atoms with Crippen LogP contribution in [0.25, 0.3) is 33.6 Å². The van der Waals surface area contributed by atoms with Gasteiger partial charge in [-0.3, -0.25) is 9.59 Å². The second-order valence-corrected chi connectivity index (χ2v) is 16.9. The number of H-pyrrole nitrogens is 2. The van der Waals surface area contributed by atoms with E-state index >= 15 is 0 Å². The lowest BCUT2D eigenvalue weighted by atomic mass is 9.85. The number of hydrogen-bond donors (Lipinski definition) is 4. The molecule has 2 aromatic heterocycles. The Morgan fingerprint density at radius 3 is 2.02 bits per heavy atom. The Bertz CT molecular complexity index is 2150. The van der Waals surface area contributed by atoms with E-state index in [0.29, 0.717) is 22.5 Å². The smallest absolute Gasteiger partial charge is 0.407 e. The average Bonchev–Trinajstić information content (AvgIpc) is 4.00. The number of benzene rings is 2.